The van der Waals surface area contributed by atoms with Crippen LogP contribution in [0.4, 0.5) is 0 Å². The van der Waals surface area contributed by atoms with Crippen molar-refractivity contribution in [1.29, 1.82) is 0 Å². The Kier molecular flexibility index (Phi) is 4.11. The SMILES string of the molecule is Clc1ccc(-c2csc(-c3cnccc3-c3ccccc3)n2)cc1. The van der Waals surface area contributed by atoms with E-state index in [0.29, 0.717) is 0 Å². The van der Waals surface area contributed by atoms with Crippen LogP contribution in [0.1, 0.15) is 0 Å². The average molecular weight is 349 g/mol. The van der Waals surface area contributed by atoms with E-state index in [0.717, 1.165) is 38.0 Å². The normalized spacial score (nSPS) is 10.7. The van der Waals surface area contributed by atoms with Gasteiger partial charge in [-0.1, -0.05) is 54.1 Å². The molecule has 0 atom stereocenters. The fraction of sp³-hybridized carbons (Fsp3) is 0. The van der Waals surface area contributed by atoms with Crippen LogP contribution < -0.4 is 0 Å². The zero-order valence-electron chi connectivity index (χ0n) is 12.7. The van der Waals surface area contributed by atoms with Crippen LogP contribution in [-0.4, -0.2) is 9.97 Å². The third kappa shape index (κ3) is 2.96. The largest absolute Gasteiger partial charge is 0.264 e. The van der Waals surface area contributed by atoms with E-state index in [1.54, 1.807) is 11.3 Å². The van der Waals surface area contributed by atoms with Gasteiger partial charge in [-0.3, -0.25) is 4.98 Å². The highest BCUT2D eigenvalue weighted by Crippen LogP contribution is 2.35. The Labute approximate surface area is 149 Å². The molecule has 0 saturated carbocycles. The van der Waals surface area contributed by atoms with Crippen molar-refractivity contribution in [2.45, 2.75) is 0 Å². The van der Waals surface area contributed by atoms with Crippen LogP contribution in [0, 0.1) is 0 Å². The lowest BCUT2D eigenvalue weighted by molar-refractivity contribution is 1.31. The van der Waals surface area contributed by atoms with E-state index in [9.17, 15) is 0 Å². The van der Waals surface area contributed by atoms with Gasteiger partial charge in [0, 0.05) is 33.9 Å². The quantitative estimate of drug-likeness (QED) is 0.441. The molecule has 0 spiro atoms. The summed E-state index contributed by atoms with van der Waals surface area (Å²) in [4.78, 5) is 9.09. The predicted molar refractivity (Wildman–Crippen MR) is 101 cm³/mol. The third-order valence-electron chi connectivity index (χ3n) is 3.78. The van der Waals surface area contributed by atoms with Crippen molar-refractivity contribution in [2.24, 2.45) is 0 Å². The number of halogens is 1. The van der Waals surface area contributed by atoms with Gasteiger partial charge in [0.25, 0.3) is 0 Å². The third-order valence-corrected chi connectivity index (χ3v) is 4.91. The molecule has 0 unspecified atom stereocenters. The number of rotatable bonds is 3. The number of hydrogen-bond donors (Lipinski definition) is 0. The number of benzene rings is 2. The highest BCUT2D eigenvalue weighted by molar-refractivity contribution is 7.13. The number of aromatic nitrogens is 2. The molecule has 0 fully saturated rings. The van der Waals surface area contributed by atoms with Gasteiger partial charge in [-0.05, 0) is 29.3 Å². The van der Waals surface area contributed by atoms with Gasteiger partial charge in [-0.2, -0.15) is 0 Å². The Balaban J connectivity index is 1.77. The van der Waals surface area contributed by atoms with Crippen molar-refractivity contribution >= 4 is 22.9 Å². The van der Waals surface area contributed by atoms with Crippen molar-refractivity contribution < 1.29 is 0 Å². The summed E-state index contributed by atoms with van der Waals surface area (Å²) < 4.78 is 0. The molecule has 0 N–H and O–H groups in total. The summed E-state index contributed by atoms with van der Waals surface area (Å²) in [6.07, 6.45) is 3.70. The van der Waals surface area contributed by atoms with E-state index in [4.69, 9.17) is 16.6 Å². The summed E-state index contributed by atoms with van der Waals surface area (Å²) in [5.41, 5.74) is 5.37. The molecule has 24 heavy (non-hydrogen) atoms. The molecule has 2 aromatic carbocycles. The molecular weight excluding hydrogens is 336 g/mol. The Hall–Kier alpha value is -2.49. The standard InChI is InChI=1S/C20H13ClN2S/c21-16-8-6-15(7-9-16)19-13-24-20(23-19)18-12-22-11-10-17(18)14-4-2-1-3-5-14/h1-13H. The zero-order chi connectivity index (χ0) is 16.4. The Morgan fingerprint density at radius 3 is 2.38 bits per heavy atom. The molecule has 0 aliphatic heterocycles. The molecular formula is C20H13ClN2S. The van der Waals surface area contributed by atoms with E-state index in [2.05, 4.69) is 22.5 Å². The molecule has 4 heteroatoms. The van der Waals surface area contributed by atoms with Crippen molar-refractivity contribution in [3.05, 3.63) is 83.5 Å². The van der Waals surface area contributed by atoms with Crippen molar-refractivity contribution in [3.63, 3.8) is 0 Å². The summed E-state index contributed by atoms with van der Waals surface area (Å²) >= 11 is 7.59. The fourth-order valence-electron chi connectivity index (χ4n) is 2.59. The predicted octanol–water partition coefficient (Wildman–Crippen LogP) is 6.19. The maximum Gasteiger partial charge on any atom is 0.126 e. The van der Waals surface area contributed by atoms with Crippen LogP contribution in [0.15, 0.2) is 78.4 Å². The first kappa shape index (κ1) is 15.1. The molecule has 0 amide bonds. The van der Waals surface area contributed by atoms with Crippen LogP contribution in [0.25, 0.3) is 33.0 Å². The highest BCUT2D eigenvalue weighted by Gasteiger charge is 2.12. The maximum atomic E-state index is 5.96. The van der Waals surface area contributed by atoms with Gasteiger partial charge in [0.1, 0.15) is 5.01 Å². The van der Waals surface area contributed by atoms with Crippen LogP contribution in [0.2, 0.25) is 5.02 Å². The summed E-state index contributed by atoms with van der Waals surface area (Å²) in [5.74, 6) is 0. The maximum absolute atomic E-state index is 5.96. The van der Waals surface area contributed by atoms with Gasteiger partial charge < -0.3 is 0 Å². The van der Waals surface area contributed by atoms with Gasteiger partial charge in [-0.25, -0.2) is 4.98 Å². The summed E-state index contributed by atoms with van der Waals surface area (Å²) in [5, 5.41) is 3.76. The lowest BCUT2D eigenvalue weighted by Crippen LogP contribution is -1.86. The van der Waals surface area contributed by atoms with Crippen molar-refractivity contribution in [3.8, 4) is 33.0 Å². The van der Waals surface area contributed by atoms with Gasteiger partial charge in [0.15, 0.2) is 0 Å². The molecule has 2 nitrogen and oxygen atoms in total. The lowest BCUT2D eigenvalue weighted by Gasteiger charge is -2.06. The highest BCUT2D eigenvalue weighted by atomic mass is 35.5. The molecule has 4 aromatic rings. The minimum Gasteiger partial charge on any atom is -0.264 e. The first-order valence-corrected chi connectivity index (χ1v) is 8.78. The smallest absolute Gasteiger partial charge is 0.126 e. The number of nitrogens with zero attached hydrogens (tertiary/aromatic N) is 2. The minimum absolute atomic E-state index is 0.729. The topological polar surface area (TPSA) is 25.8 Å². The van der Waals surface area contributed by atoms with Crippen LogP contribution in [0.5, 0.6) is 0 Å². The molecule has 4 rings (SSSR count). The second-order valence-corrected chi connectivity index (χ2v) is 6.63. The molecule has 2 heterocycles. The molecule has 0 saturated heterocycles. The molecule has 0 aliphatic carbocycles. The number of pyridine rings is 1. The molecule has 0 aliphatic rings. The van der Waals surface area contributed by atoms with E-state index < -0.39 is 0 Å². The van der Waals surface area contributed by atoms with Gasteiger partial charge >= 0.3 is 0 Å². The molecule has 116 valence electrons. The summed E-state index contributed by atoms with van der Waals surface area (Å²) in [6.45, 7) is 0. The van der Waals surface area contributed by atoms with E-state index >= 15 is 0 Å². The second-order valence-electron chi connectivity index (χ2n) is 5.33. The number of thiazole rings is 1. The first-order valence-electron chi connectivity index (χ1n) is 7.52. The van der Waals surface area contributed by atoms with Gasteiger partial charge in [0.05, 0.1) is 5.69 Å². The second kappa shape index (κ2) is 6.56. The van der Waals surface area contributed by atoms with Crippen LogP contribution in [0.3, 0.4) is 0 Å². The van der Waals surface area contributed by atoms with Gasteiger partial charge in [-0.15, -0.1) is 11.3 Å². The van der Waals surface area contributed by atoms with E-state index in [1.165, 1.54) is 0 Å². The molecule has 0 bridgehead atoms. The summed E-state index contributed by atoms with van der Waals surface area (Å²) in [7, 11) is 0. The van der Waals surface area contributed by atoms with E-state index in [1.807, 2.05) is 60.9 Å². The van der Waals surface area contributed by atoms with Crippen LogP contribution >= 0.6 is 22.9 Å². The lowest BCUT2D eigenvalue weighted by atomic mass is 10.0. The monoisotopic (exact) mass is 348 g/mol. The fourth-order valence-corrected chi connectivity index (χ4v) is 3.56. The van der Waals surface area contributed by atoms with Gasteiger partial charge in [0.2, 0.25) is 0 Å². The van der Waals surface area contributed by atoms with E-state index in [-0.39, 0.29) is 0 Å². The zero-order valence-corrected chi connectivity index (χ0v) is 14.3. The van der Waals surface area contributed by atoms with Crippen LogP contribution in [-0.2, 0) is 0 Å². The number of hydrogen-bond acceptors (Lipinski definition) is 3. The summed E-state index contributed by atoms with van der Waals surface area (Å²) in [6, 6.07) is 20.1. The Bertz CT molecular complexity index is 962. The average Bonchev–Trinajstić information content (AvgIpc) is 3.13. The molecule has 2 aromatic heterocycles. The first-order chi connectivity index (χ1) is 11.8. The van der Waals surface area contributed by atoms with Crippen molar-refractivity contribution in [2.75, 3.05) is 0 Å². The molecule has 0 radical (unpaired) electrons. The Morgan fingerprint density at radius 1 is 0.792 bits per heavy atom. The van der Waals surface area contributed by atoms with Crippen molar-refractivity contribution in [1.82, 2.24) is 9.97 Å². The minimum atomic E-state index is 0.729. The Morgan fingerprint density at radius 2 is 1.58 bits per heavy atom.